The molecule has 2 aromatic carbocycles. The van der Waals surface area contributed by atoms with Gasteiger partial charge in [0.25, 0.3) is 5.91 Å². The lowest BCUT2D eigenvalue weighted by molar-refractivity contribution is -0.136. The molecular weight excluding hydrogens is 409 g/mol. The summed E-state index contributed by atoms with van der Waals surface area (Å²) >= 11 is 0. The molecule has 0 heterocycles. The molecule has 0 radical (unpaired) electrons. The normalized spacial score (nSPS) is 30.3. The van der Waals surface area contributed by atoms with E-state index in [2.05, 4.69) is 5.32 Å². The van der Waals surface area contributed by atoms with Crippen LogP contribution in [0.3, 0.4) is 0 Å². The summed E-state index contributed by atoms with van der Waals surface area (Å²) in [6.07, 6.45) is 4.57. The van der Waals surface area contributed by atoms with Crippen molar-refractivity contribution >= 4 is 11.7 Å². The van der Waals surface area contributed by atoms with Gasteiger partial charge in [0, 0.05) is 29.8 Å². The number of benzene rings is 2. The van der Waals surface area contributed by atoms with E-state index in [4.69, 9.17) is 4.74 Å². The van der Waals surface area contributed by atoms with Gasteiger partial charge in [0.15, 0.2) is 5.78 Å². The number of hydrogen-bond acceptors (Lipinski definition) is 4. The summed E-state index contributed by atoms with van der Waals surface area (Å²) in [6.45, 7) is 0.201. The van der Waals surface area contributed by atoms with Gasteiger partial charge in [0.1, 0.15) is 5.82 Å². The van der Waals surface area contributed by atoms with Gasteiger partial charge in [0.2, 0.25) is 0 Å². The summed E-state index contributed by atoms with van der Waals surface area (Å²) in [5.74, 6) is 0.420. The van der Waals surface area contributed by atoms with Crippen molar-refractivity contribution in [1.82, 2.24) is 5.32 Å². The van der Waals surface area contributed by atoms with Crippen LogP contribution in [0.4, 0.5) is 4.39 Å². The highest BCUT2D eigenvalue weighted by molar-refractivity contribution is 6.09. The predicted molar refractivity (Wildman–Crippen MR) is 117 cm³/mol. The predicted octanol–water partition coefficient (Wildman–Crippen LogP) is 3.87. The van der Waals surface area contributed by atoms with E-state index in [1.165, 1.54) is 24.3 Å². The topological polar surface area (TPSA) is 75.6 Å². The minimum Gasteiger partial charge on any atom is -0.390 e. The molecule has 0 spiro atoms. The second-order valence-electron chi connectivity index (χ2n) is 9.83. The van der Waals surface area contributed by atoms with Crippen LogP contribution >= 0.6 is 0 Å². The van der Waals surface area contributed by atoms with Crippen molar-refractivity contribution in [2.75, 3.05) is 7.11 Å². The number of carbonyl (C=O) groups is 2. The molecule has 5 nitrogen and oxygen atoms in total. The van der Waals surface area contributed by atoms with Crippen LogP contribution in [-0.4, -0.2) is 35.5 Å². The third kappa shape index (κ3) is 3.86. The minimum absolute atomic E-state index is 0.0789. The van der Waals surface area contributed by atoms with Crippen LogP contribution in [0.1, 0.15) is 63.9 Å². The molecule has 4 aliphatic carbocycles. The second kappa shape index (κ2) is 8.09. The minimum atomic E-state index is -0.540. The lowest BCUT2D eigenvalue weighted by Gasteiger charge is -2.58. The molecule has 6 heteroatoms. The number of hydrogen-bond donors (Lipinski definition) is 2. The maximum absolute atomic E-state index is 13.2. The summed E-state index contributed by atoms with van der Waals surface area (Å²) in [4.78, 5) is 26.1. The van der Waals surface area contributed by atoms with E-state index in [0.717, 1.165) is 32.1 Å². The van der Waals surface area contributed by atoms with E-state index >= 15 is 0 Å². The van der Waals surface area contributed by atoms with Gasteiger partial charge >= 0.3 is 0 Å². The molecule has 2 atom stereocenters. The van der Waals surface area contributed by atoms with Crippen LogP contribution in [0.25, 0.3) is 0 Å². The lowest BCUT2D eigenvalue weighted by atomic mass is 9.52. The molecule has 0 saturated heterocycles. The van der Waals surface area contributed by atoms with E-state index in [1.807, 2.05) is 0 Å². The van der Waals surface area contributed by atoms with E-state index in [0.29, 0.717) is 40.0 Å². The van der Waals surface area contributed by atoms with Gasteiger partial charge in [-0.25, -0.2) is 4.39 Å². The number of rotatable bonds is 6. The largest absolute Gasteiger partial charge is 0.390 e. The Morgan fingerprint density at radius 1 is 1.06 bits per heavy atom. The van der Waals surface area contributed by atoms with E-state index in [-0.39, 0.29) is 24.3 Å². The molecular formula is C26H28FNO4. The Hall–Kier alpha value is -2.57. The molecule has 168 valence electrons. The highest BCUT2D eigenvalue weighted by Crippen LogP contribution is 2.55. The van der Waals surface area contributed by atoms with Crippen molar-refractivity contribution in [3.8, 4) is 0 Å². The summed E-state index contributed by atoms with van der Waals surface area (Å²) in [5, 5.41) is 14.0. The van der Waals surface area contributed by atoms with Crippen molar-refractivity contribution < 1.29 is 23.8 Å². The summed E-state index contributed by atoms with van der Waals surface area (Å²) in [5.41, 5.74) is 1.41. The first-order chi connectivity index (χ1) is 15.3. The highest BCUT2D eigenvalue weighted by atomic mass is 19.1. The monoisotopic (exact) mass is 437 g/mol. The van der Waals surface area contributed by atoms with Gasteiger partial charge in [-0.05, 0) is 91.8 Å². The zero-order valence-corrected chi connectivity index (χ0v) is 18.1. The number of aliphatic hydroxyl groups is 1. The average Bonchev–Trinajstić information content (AvgIpc) is 2.75. The fraction of sp³-hybridized carbons (Fsp3) is 0.462. The van der Waals surface area contributed by atoms with Crippen LogP contribution in [0.15, 0.2) is 42.5 Å². The van der Waals surface area contributed by atoms with Gasteiger partial charge in [0.05, 0.1) is 12.2 Å². The van der Waals surface area contributed by atoms with Crippen LogP contribution in [0.5, 0.6) is 0 Å². The maximum atomic E-state index is 13.2. The molecule has 0 aliphatic heterocycles. The number of ether oxygens (including phenoxy) is 1. The Morgan fingerprint density at radius 3 is 2.34 bits per heavy atom. The first kappa shape index (κ1) is 21.3. The van der Waals surface area contributed by atoms with E-state index in [9.17, 15) is 19.1 Å². The molecule has 4 bridgehead atoms. The fourth-order valence-electron chi connectivity index (χ4n) is 6.45. The molecule has 2 N–H and O–H groups in total. The number of ketones is 1. The molecule has 2 aromatic rings. The number of halogens is 1. The molecule has 1 amide bonds. The van der Waals surface area contributed by atoms with Gasteiger partial charge in [-0.2, -0.15) is 0 Å². The van der Waals surface area contributed by atoms with Gasteiger partial charge in [-0.3, -0.25) is 9.59 Å². The summed E-state index contributed by atoms with van der Waals surface area (Å²) < 4.78 is 18.5. The Balaban J connectivity index is 1.36. The molecule has 4 saturated carbocycles. The Morgan fingerprint density at radius 2 is 1.72 bits per heavy atom. The van der Waals surface area contributed by atoms with E-state index in [1.54, 1.807) is 25.3 Å². The molecule has 4 aliphatic rings. The van der Waals surface area contributed by atoms with Crippen molar-refractivity contribution in [3.05, 3.63) is 70.5 Å². The third-order valence-corrected chi connectivity index (χ3v) is 7.56. The Labute approximate surface area is 187 Å². The standard InChI is InChI=1S/C26H28FNO4/c1-32-14-20-10-17(24(29)16-2-5-21(27)6-3-16)4-7-22(20)25(30)28-23-18-8-15-9-19(23)13-26(31,11-15)12-18/h2-7,10,15,18-19,23,31H,8-9,11-14H2,1H3,(H,28,30). The number of amides is 1. The zero-order chi connectivity index (χ0) is 22.5. The van der Waals surface area contributed by atoms with Gasteiger partial charge < -0.3 is 15.2 Å². The van der Waals surface area contributed by atoms with Gasteiger partial charge in [-0.1, -0.05) is 6.07 Å². The lowest BCUT2D eigenvalue weighted by Crippen LogP contribution is -2.61. The first-order valence-corrected chi connectivity index (χ1v) is 11.3. The van der Waals surface area contributed by atoms with Crippen molar-refractivity contribution in [3.63, 3.8) is 0 Å². The van der Waals surface area contributed by atoms with Crippen molar-refractivity contribution in [1.29, 1.82) is 0 Å². The molecule has 0 aromatic heterocycles. The number of carbonyl (C=O) groups excluding carboxylic acids is 2. The van der Waals surface area contributed by atoms with Crippen LogP contribution in [0, 0.1) is 23.6 Å². The van der Waals surface area contributed by atoms with Crippen LogP contribution < -0.4 is 5.32 Å². The maximum Gasteiger partial charge on any atom is 0.251 e. The smallest absolute Gasteiger partial charge is 0.251 e. The number of nitrogens with one attached hydrogen (secondary N) is 1. The Kier molecular flexibility index (Phi) is 5.38. The average molecular weight is 438 g/mol. The quantitative estimate of drug-likeness (QED) is 0.673. The Bertz CT molecular complexity index is 1030. The number of methoxy groups -OCH3 is 1. The summed E-state index contributed by atoms with van der Waals surface area (Å²) in [6, 6.07) is 10.5. The first-order valence-electron chi connectivity index (χ1n) is 11.3. The fourth-order valence-corrected chi connectivity index (χ4v) is 6.45. The summed E-state index contributed by atoms with van der Waals surface area (Å²) in [7, 11) is 1.55. The molecule has 4 fully saturated rings. The van der Waals surface area contributed by atoms with Crippen molar-refractivity contribution in [2.45, 2.75) is 50.4 Å². The van der Waals surface area contributed by atoms with E-state index < -0.39 is 11.4 Å². The molecule has 32 heavy (non-hydrogen) atoms. The SMILES string of the molecule is COCc1cc(C(=O)c2ccc(F)cc2)ccc1C(=O)NC1C2CC3CC1CC(O)(C3)C2. The van der Waals surface area contributed by atoms with Crippen LogP contribution in [0.2, 0.25) is 0 Å². The van der Waals surface area contributed by atoms with Gasteiger partial charge in [-0.15, -0.1) is 0 Å². The van der Waals surface area contributed by atoms with Crippen LogP contribution in [-0.2, 0) is 11.3 Å². The second-order valence-corrected chi connectivity index (χ2v) is 9.83. The third-order valence-electron chi connectivity index (χ3n) is 7.56. The highest BCUT2D eigenvalue weighted by Gasteiger charge is 2.55. The molecule has 6 rings (SSSR count). The zero-order valence-electron chi connectivity index (χ0n) is 18.1. The molecule has 2 unspecified atom stereocenters. The van der Waals surface area contributed by atoms with Crippen molar-refractivity contribution in [2.24, 2.45) is 17.8 Å².